The minimum atomic E-state index is -0.533. The number of benzene rings is 2. The Morgan fingerprint density at radius 3 is 2.68 bits per heavy atom. The number of amides is 2. The Bertz CT molecular complexity index is 796. The molecule has 0 aliphatic carbocycles. The first-order valence-electron chi connectivity index (χ1n) is 7.58. The molecule has 0 saturated carbocycles. The third-order valence-electron chi connectivity index (χ3n) is 3.52. The number of hydrogen-bond acceptors (Lipinski definition) is 3. The summed E-state index contributed by atoms with van der Waals surface area (Å²) in [7, 11) is 1.40. The second-order valence-electron chi connectivity index (χ2n) is 5.36. The highest BCUT2D eigenvalue weighted by Gasteiger charge is 2.14. The summed E-state index contributed by atoms with van der Waals surface area (Å²) in [6.45, 7) is 2.01. The number of hydrogen-bond donors (Lipinski definition) is 2. The maximum Gasteiger partial charge on any atom is 0.255 e. The van der Waals surface area contributed by atoms with Gasteiger partial charge in [-0.3, -0.25) is 9.59 Å². The fourth-order valence-electron chi connectivity index (χ4n) is 2.18. The zero-order valence-electron chi connectivity index (χ0n) is 13.9. The second-order valence-corrected chi connectivity index (χ2v) is 6.27. The van der Waals surface area contributed by atoms with Crippen LogP contribution in [0.4, 0.5) is 10.1 Å². The lowest BCUT2D eigenvalue weighted by Gasteiger charge is -2.11. The van der Waals surface area contributed by atoms with Gasteiger partial charge in [-0.05, 0) is 42.8 Å². The molecule has 0 spiro atoms. The van der Waals surface area contributed by atoms with Gasteiger partial charge in [0.2, 0.25) is 5.91 Å². The van der Waals surface area contributed by atoms with Crippen LogP contribution in [0.3, 0.4) is 0 Å². The highest BCUT2D eigenvalue weighted by Crippen LogP contribution is 2.21. The third kappa shape index (κ3) is 5.29. The van der Waals surface area contributed by atoms with Gasteiger partial charge in [0.1, 0.15) is 11.6 Å². The maximum atomic E-state index is 13.3. The van der Waals surface area contributed by atoms with Crippen molar-refractivity contribution >= 4 is 33.4 Å². The molecule has 5 nitrogen and oxygen atoms in total. The molecule has 2 aromatic rings. The minimum absolute atomic E-state index is 0.0887. The Hall–Kier alpha value is -2.41. The Morgan fingerprint density at radius 2 is 1.96 bits per heavy atom. The lowest BCUT2D eigenvalue weighted by atomic mass is 10.1. The molecule has 0 aliphatic rings. The molecule has 0 atom stereocenters. The molecule has 132 valence electrons. The fourth-order valence-corrected chi connectivity index (χ4v) is 2.55. The predicted molar refractivity (Wildman–Crippen MR) is 97.4 cm³/mol. The van der Waals surface area contributed by atoms with Crippen LogP contribution in [0.1, 0.15) is 22.3 Å². The van der Waals surface area contributed by atoms with Crippen LogP contribution in [-0.4, -0.2) is 25.5 Å². The van der Waals surface area contributed by atoms with Gasteiger partial charge in [-0.15, -0.1) is 0 Å². The van der Waals surface area contributed by atoms with Crippen LogP contribution in [0.15, 0.2) is 40.9 Å². The number of ether oxygens (including phenoxy) is 1. The first-order valence-corrected chi connectivity index (χ1v) is 8.37. The van der Waals surface area contributed by atoms with Gasteiger partial charge < -0.3 is 15.4 Å². The number of halogens is 2. The van der Waals surface area contributed by atoms with Crippen LogP contribution in [0.25, 0.3) is 0 Å². The smallest absolute Gasteiger partial charge is 0.255 e. The van der Waals surface area contributed by atoms with Gasteiger partial charge in [0, 0.05) is 23.1 Å². The summed E-state index contributed by atoms with van der Waals surface area (Å²) in [6, 6.07) is 9.27. The van der Waals surface area contributed by atoms with E-state index in [9.17, 15) is 14.0 Å². The zero-order valence-corrected chi connectivity index (χ0v) is 15.4. The molecule has 0 aliphatic heterocycles. The first-order chi connectivity index (χ1) is 11.9. The van der Waals surface area contributed by atoms with Crippen LogP contribution in [-0.2, 0) is 4.79 Å². The van der Waals surface area contributed by atoms with E-state index in [0.29, 0.717) is 5.69 Å². The summed E-state index contributed by atoms with van der Waals surface area (Å²) < 4.78 is 19.2. The Balaban J connectivity index is 1.90. The topological polar surface area (TPSA) is 67.4 Å². The summed E-state index contributed by atoms with van der Waals surface area (Å²) in [5, 5.41) is 5.38. The van der Waals surface area contributed by atoms with Gasteiger partial charge in [0.05, 0.1) is 12.7 Å². The number of aryl methyl sites for hydroxylation is 1. The molecule has 0 saturated heterocycles. The largest absolute Gasteiger partial charge is 0.496 e. The molecule has 0 unspecified atom stereocenters. The molecule has 0 bridgehead atoms. The van der Waals surface area contributed by atoms with Crippen LogP contribution < -0.4 is 15.4 Å². The highest BCUT2D eigenvalue weighted by atomic mass is 79.9. The van der Waals surface area contributed by atoms with Crippen LogP contribution in [0.5, 0.6) is 5.75 Å². The van der Waals surface area contributed by atoms with E-state index in [0.717, 1.165) is 16.1 Å². The molecule has 7 heteroatoms. The van der Waals surface area contributed by atoms with Gasteiger partial charge in [-0.25, -0.2) is 4.39 Å². The van der Waals surface area contributed by atoms with E-state index in [-0.39, 0.29) is 30.2 Å². The van der Waals surface area contributed by atoms with E-state index in [4.69, 9.17) is 4.74 Å². The standard InChI is InChI=1S/C18H18BrFN2O3/c1-11-3-4-12(19)9-15(11)22-17(23)7-8-21-18(24)14-10-13(20)5-6-16(14)25-2/h3-6,9-10H,7-8H2,1-2H3,(H,21,24)(H,22,23). The van der Waals surface area contributed by atoms with Crippen LogP contribution >= 0.6 is 15.9 Å². The average Bonchev–Trinajstić information content (AvgIpc) is 2.58. The van der Waals surface area contributed by atoms with Gasteiger partial charge in [0.25, 0.3) is 5.91 Å². The van der Waals surface area contributed by atoms with Crippen molar-refractivity contribution in [2.45, 2.75) is 13.3 Å². The summed E-state index contributed by atoms with van der Waals surface area (Å²) in [4.78, 5) is 24.1. The zero-order chi connectivity index (χ0) is 18.4. The number of methoxy groups -OCH3 is 1. The SMILES string of the molecule is COc1ccc(F)cc1C(=O)NCCC(=O)Nc1cc(Br)ccc1C. The Morgan fingerprint density at radius 1 is 1.20 bits per heavy atom. The number of carbonyl (C=O) groups is 2. The van der Waals surface area contributed by atoms with Crippen molar-refractivity contribution in [1.29, 1.82) is 0 Å². The van der Waals surface area contributed by atoms with Crippen molar-refractivity contribution < 1.29 is 18.7 Å². The molecule has 25 heavy (non-hydrogen) atoms. The van der Waals surface area contributed by atoms with Crippen LogP contribution in [0, 0.1) is 12.7 Å². The molecule has 0 fully saturated rings. The molecular weight excluding hydrogens is 391 g/mol. The van der Waals surface area contributed by atoms with Crippen LogP contribution in [0.2, 0.25) is 0 Å². The minimum Gasteiger partial charge on any atom is -0.496 e. The van der Waals surface area contributed by atoms with Gasteiger partial charge in [-0.2, -0.15) is 0 Å². The predicted octanol–water partition coefficient (Wildman–Crippen LogP) is 3.66. The fraction of sp³-hybridized carbons (Fsp3) is 0.222. The van der Waals surface area contributed by atoms with E-state index in [1.807, 2.05) is 25.1 Å². The summed E-state index contributed by atoms with van der Waals surface area (Å²) >= 11 is 3.35. The van der Waals surface area contributed by atoms with Gasteiger partial charge in [0.15, 0.2) is 0 Å². The number of rotatable bonds is 6. The third-order valence-corrected chi connectivity index (χ3v) is 4.01. The molecule has 2 amide bonds. The molecular formula is C18H18BrFN2O3. The highest BCUT2D eigenvalue weighted by molar-refractivity contribution is 9.10. The van der Waals surface area contributed by atoms with E-state index in [1.165, 1.54) is 19.2 Å². The normalized spacial score (nSPS) is 10.2. The molecule has 0 radical (unpaired) electrons. The lowest BCUT2D eigenvalue weighted by molar-refractivity contribution is -0.116. The molecule has 0 heterocycles. The van der Waals surface area contributed by atoms with Crippen molar-refractivity contribution in [3.8, 4) is 5.75 Å². The van der Waals surface area contributed by atoms with Crippen molar-refractivity contribution in [2.75, 3.05) is 19.0 Å². The Kier molecular flexibility index (Phi) is 6.52. The second kappa shape index (κ2) is 8.62. The van der Waals surface area contributed by atoms with Crippen molar-refractivity contribution in [3.63, 3.8) is 0 Å². The summed E-state index contributed by atoms with van der Waals surface area (Å²) in [6.07, 6.45) is 0.0926. The summed E-state index contributed by atoms with van der Waals surface area (Å²) in [5.41, 5.74) is 1.73. The lowest BCUT2D eigenvalue weighted by Crippen LogP contribution is -2.28. The van der Waals surface area contributed by atoms with E-state index < -0.39 is 11.7 Å². The van der Waals surface area contributed by atoms with Gasteiger partial charge in [-0.1, -0.05) is 22.0 Å². The quantitative estimate of drug-likeness (QED) is 0.765. The molecule has 0 aromatic heterocycles. The Labute approximate surface area is 153 Å². The monoisotopic (exact) mass is 408 g/mol. The molecule has 2 rings (SSSR count). The summed E-state index contributed by atoms with van der Waals surface area (Å²) in [5.74, 6) is -0.988. The van der Waals surface area contributed by atoms with Gasteiger partial charge >= 0.3 is 0 Å². The molecule has 2 aromatic carbocycles. The maximum absolute atomic E-state index is 13.3. The van der Waals surface area contributed by atoms with Crippen molar-refractivity contribution in [1.82, 2.24) is 5.32 Å². The van der Waals surface area contributed by atoms with E-state index >= 15 is 0 Å². The van der Waals surface area contributed by atoms with Crippen molar-refractivity contribution in [2.24, 2.45) is 0 Å². The molecule has 2 N–H and O–H groups in total. The number of nitrogens with one attached hydrogen (secondary N) is 2. The average molecular weight is 409 g/mol. The van der Waals surface area contributed by atoms with E-state index in [2.05, 4.69) is 26.6 Å². The van der Waals surface area contributed by atoms with E-state index in [1.54, 1.807) is 0 Å². The van der Waals surface area contributed by atoms with Crippen molar-refractivity contribution in [3.05, 3.63) is 57.8 Å². The first kappa shape index (κ1) is 18.9. The number of anilines is 1. The number of carbonyl (C=O) groups excluding carboxylic acids is 2.